The van der Waals surface area contributed by atoms with Crippen LogP contribution in [0.2, 0.25) is 5.02 Å². The molecule has 0 unspecified atom stereocenters. The Bertz CT molecular complexity index is 678. The van der Waals surface area contributed by atoms with E-state index >= 15 is 0 Å². The molecular formula is C14H10ClN3O2. The Morgan fingerprint density at radius 2 is 1.95 bits per heavy atom. The number of nitrogens with one attached hydrogen (secondary N) is 1. The highest BCUT2D eigenvalue weighted by Crippen LogP contribution is 2.27. The molecule has 0 aromatic heterocycles. The fourth-order valence-corrected chi connectivity index (χ4v) is 1.92. The molecule has 0 radical (unpaired) electrons. The minimum absolute atomic E-state index is 0.0971. The average Bonchev–Trinajstić information content (AvgIpc) is 2.45. The van der Waals surface area contributed by atoms with Gasteiger partial charge in [0.25, 0.3) is 5.69 Å². The maximum Gasteiger partial charge on any atom is 0.288 e. The van der Waals surface area contributed by atoms with Gasteiger partial charge in [0, 0.05) is 18.3 Å². The van der Waals surface area contributed by atoms with E-state index in [1.807, 2.05) is 12.1 Å². The summed E-state index contributed by atoms with van der Waals surface area (Å²) >= 11 is 5.83. The lowest BCUT2D eigenvalue weighted by molar-refractivity contribution is -0.384. The van der Waals surface area contributed by atoms with E-state index in [1.165, 1.54) is 12.1 Å². The van der Waals surface area contributed by atoms with Crippen molar-refractivity contribution >= 4 is 23.0 Å². The third kappa shape index (κ3) is 3.25. The highest BCUT2D eigenvalue weighted by atomic mass is 35.5. The summed E-state index contributed by atoms with van der Waals surface area (Å²) < 4.78 is 0. The fraction of sp³-hybridized carbons (Fsp3) is 0.0714. The summed E-state index contributed by atoms with van der Waals surface area (Å²) in [4.78, 5) is 10.1. The Kier molecular flexibility index (Phi) is 4.18. The number of nitriles is 1. The Hall–Kier alpha value is -2.58. The van der Waals surface area contributed by atoms with Crippen molar-refractivity contribution in [2.24, 2.45) is 0 Å². The molecule has 2 rings (SSSR count). The van der Waals surface area contributed by atoms with Gasteiger partial charge in [-0.25, -0.2) is 0 Å². The molecule has 0 aliphatic rings. The molecule has 0 saturated carbocycles. The Balaban J connectivity index is 2.05. The van der Waals surface area contributed by atoms with Crippen molar-refractivity contribution in [3.05, 3.63) is 68.7 Å². The maximum atomic E-state index is 10.6. The second-order valence-corrected chi connectivity index (χ2v) is 4.49. The van der Waals surface area contributed by atoms with Crippen molar-refractivity contribution in [2.45, 2.75) is 6.54 Å². The van der Waals surface area contributed by atoms with Crippen molar-refractivity contribution in [1.29, 1.82) is 5.26 Å². The summed E-state index contributed by atoms with van der Waals surface area (Å²) in [5, 5.41) is 22.6. The molecule has 0 heterocycles. The van der Waals surface area contributed by atoms with Crippen molar-refractivity contribution in [3.63, 3.8) is 0 Å². The van der Waals surface area contributed by atoms with Crippen LogP contribution in [0.1, 0.15) is 11.1 Å². The van der Waals surface area contributed by atoms with Crippen molar-refractivity contribution < 1.29 is 4.92 Å². The van der Waals surface area contributed by atoms with Gasteiger partial charge < -0.3 is 5.32 Å². The Morgan fingerprint density at radius 3 is 2.50 bits per heavy atom. The first-order chi connectivity index (χ1) is 9.60. The molecule has 0 saturated heterocycles. The first-order valence-electron chi connectivity index (χ1n) is 5.77. The van der Waals surface area contributed by atoms with E-state index in [1.54, 1.807) is 18.2 Å². The summed E-state index contributed by atoms with van der Waals surface area (Å²) in [6.45, 7) is 0.542. The minimum atomic E-state index is -0.521. The van der Waals surface area contributed by atoms with Gasteiger partial charge >= 0.3 is 0 Å². The first-order valence-corrected chi connectivity index (χ1v) is 6.15. The van der Waals surface area contributed by atoms with E-state index in [-0.39, 0.29) is 10.7 Å². The van der Waals surface area contributed by atoms with Gasteiger partial charge in [-0.2, -0.15) is 5.26 Å². The van der Waals surface area contributed by atoms with Gasteiger partial charge in [-0.15, -0.1) is 0 Å². The smallest absolute Gasteiger partial charge is 0.288 e. The highest BCUT2D eigenvalue weighted by molar-refractivity contribution is 6.32. The quantitative estimate of drug-likeness (QED) is 0.686. The number of anilines is 1. The number of benzene rings is 2. The predicted octanol–water partition coefficient (Wildman–Crippen LogP) is 3.73. The van der Waals surface area contributed by atoms with Crippen LogP contribution in [-0.2, 0) is 6.54 Å². The van der Waals surface area contributed by atoms with Gasteiger partial charge in [-0.3, -0.25) is 10.1 Å². The van der Waals surface area contributed by atoms with Crippen LogP contribution < -0.4 is 5.32 Å². The largest absolute Gasteiger partial charge is 0.381 e. The third-order valence-electron chi connectivity index (χ3n) is 2.72. The Labute approximate surface area is 120 Å². The minimum Gasteiger partial charge on any atom is -0.381 e. The van der Waals surface area contributed by atoms with E-state index in [9.17, 15) is 10.1 Å². The highest BCUT2D eigenvalue weighted by Gasteiger charge is 2.11. The van der Waals surface area contributed by atoms with Crippen molar-refractivity contribution in [3.8, 4) is 6.07 Å². The van der Waals surface area contributed by atoms with Crippen LogP contribution in [0.5, 0.6) is 0 Å². The van der Waals surface area contributed by atoms with Gasteiger partial charge in [0.1, 0.15) is 5.02 Å². The molecule has 2 aromatic rings. The molecule has 5 nitrogen and oxygen atoms in total. The molecule has 0 amide bonds. The molecule has 100 valence electrons. The van der Waals surface area contributed by atoms with Gasteiger partial charge in [0.2, 0.25) is 0 Å². The predicted molar refractivity (Wildman–Crippen MR) is 76.6 cm³/mol. The van der Waals surface area contributed by atoms with Crippen LogP contribution in [-0.4, -0.2) is 4.92 Å². The molecule has 20 heavy (non-hydrogen) atoms. The SMILES string of the molecule is N#Cc1ccc(CNc2ccc([N+](=O)[O-])c(Cl)c2)cc1. The molecule has 0 aliphatic carbocycles. The second kappa shape index (κ2) is 6.04. The molecule has 0 atom stereocenters. The number of nitro groups is 1. The molecule has 1 N–H and O–H groups in total. The van der Waals surface area contributed by atoms with Crippen molar-refractivity contribution in [2.75, 3.05) is 5.32 Å². The summed E-state index contributed by atoms with van der Waals surface area (Å²) in [6.07, 6.45) is 0. The monoisotopic (exact) mass is 287 g/mol. The van der Waals surface area contributed by atoms with Gasteiger partial charge in [-0.1, -0.05) is 23.7 Å². The van der Waals surface area contributed by atoms with Crippen LogP contribution >= 0.6 is 11.6 Å². The van der Waals surface area contributed by atoms with E-state index in [4.69, 9.17) is 16.9 Å². The van der Waals surface area contributed by atoms with E-state index < -0.39 is 4.92 Å². The molecule has 0 bridgehead atoms. The number of rotatable bonds is 4. The van der Waals surface area contributed by atoms with Crippen LogP contribution in [0.25, 0.3) is 0 Å². The topological polar surface area (TPSA) is 79.0 Å². The van der Waals surface area contributed by atoms with Crippen LogP contribution in [0, 0.1) is 21.4 Å². The van der Waals surface area contributed by atoms with Crippen LogP contribution in [0.4, 0.5) is 11.4 Å². The molecular weight excluding hydrogens is 278 g/mol. The molecule has 2 aromatic carbocycles. The van der Waals surface area contributed by atoms with Gasteiger partial charge in [0.15, 0.2) is 0 Å². The zero-order valence-corrected chi connectivity index (χ0v) is 11.1. The Morgan fingerprint density at radius 1 is 1.25 bits per heavy atom. The molecule has 6 heteroatoms. The van der Waals surface area contributed by atoms with Crippen LogP contribution in [0.15, 0.2) is 42.5 Å². The number of hydrogen-bond acceptors (Lipinski definition) is 4. The molecule has 0 fully saturated rings. The lowest BCUT2D eigenvalue weighted by Gasteiger charge is -2.07. The second-order valence-electron chi connectivity index (χ2n) is 4.09. The van der Waals surface area contributed by atoms with Crippen molar-refractivity contribution in [1.82, 2.24) is 0 Å². The molecule has 0 spiro atoms. The summed E-state index contributed by atoms with van der Waals surface area (Å²) in [6, 6.07) is 13.7. The summed E-state index contributed by atoms with van der Waals surface area (Å²) in [5.41, 5.74) is 2.19. The normalized spacial score (nSPS) is 9.80. The van der Waals surface area contributed by atoms with Gasteiger partial charge in [-0.05, 0) is 29.8 Å². The zero-order valence-electron chi connectivity index (χ0n) is 10.3. The van der Waals surface area contributed by atoms with E-state index in [0.717, 1.165) is 5.56 Å². The number of halogens is 1. The standard InChI is InChI=1S/C14H10ClN3O2/c15-13-7-12(5-6-14(13)18(19)20)17-9-11-3-1-10(8-16)2-4-11/h1-7,17H,9H2. The number of nitrogens with zero attached hydrogens (tertiary/aromatic N) is 2. The average molecular weight is 288 g/mol. The number of nitro benzene ring substituents is 1. The first kappa shape index (κ1) is 13.8. The maximum absolute atomic E-state index is 10.6. The van der Waals surface area contributed by atoms with E-state index in [0.29, 0.717) is 17.8 Å². The van der Waals surface area contributed by atoms with Crippen LogP contribution in [0.3, 0.4) is 0 Å². The number of hydrogen-bond donors (Lipinski definition) is 1. The summed E-state index contributed by atoms with van der Waals surface area (Å²) in [5.74, 6) is 0. The summed E-state index contributed by atoms with van der Waals surface area (Å²) in [7, 11) is 0. The van der Waals surface area contributed by atoms with Gasteiger partial charge in [0.05, 0.1) is 16.6 Å². The lowest BCUT2D eigenvalue weighted by atomic mass is 10.1. The van der Waals surface area contributed by atoms with E-state index in [2.05, 4.69) is 11.4 Å². The molecule has 0 aliphatic heterocycles. The fourth-order valence-electron chi connectivity index (χ4n) is 1.67. The zero-order chi connectivity index (χ0) is 14.5. The third-order valence-corrected chi connectivity index (χ3v) is 3.03. The lowest BCUT2D eigenvalue weighted by Crippen LogP contribution is -2.00.